The molecule has 122 valence electrons. The van der Waals surface area contributed by atoms with E-state index in [4.69, 9.17) is 5.26 Å². The van der Waals surface area contributed by atoms with E-state index in [0.29, 0.717) is 26.1 Å². The van der Waals surface area contributed by atoms with Crippen molar-refractivity contribution in [3.05, 3.63) is 30.3 Å². The van der Waals surface area contributed by atoms with Gasteiger partial charge in [-0.2, -0.15) is 5.26 Å². The molecule has 0 radical (unpaired) electrons. The molecule has 1 aliphatic heterocycles. The Balaban J connectivity index is 1.91. The molecule has 1 aliphatic rings. The average molecular weight is 314 g/mol. The predicted octanol–water partition coefficient (Wildman–Crippen LogP) is 2.30. The minimum absolute atomic E-state index is 0.0115. The molecule has 0 aliphatic carbocycles. The van der Waals surface area contributed by atoms with Crippen molar-refractivity contribution in [3.63, 3.8) is 0 Å². The van der Waals surface area contributed by atoms with Crippen LogP contribution in [-0.2, 0) is 4.79 Å². The molecule has 0 saturated carbocycles. The zero-order valence-corrected chi connectivity index (χ0v) is 13.4. The van der Waals surface area contributed by atoms with E-state index in [1.54, 1.807) is 16.8 Å². The van der Waals surface area contributed by atoms with Crippen molar-refractivity contribution in [2.75, 3.05) is 32.0 Å². The number of carbonyl (C=O) groups is 2. The molecule has 6 nitrogen and oxygen atoms in total. The molecule has 1 atom stereocenters. The zero-order chi connectivity index (χ0) is 16.7. The number of para-hydroxylation sites is 1. The summed E-state index contributed by atoms with van der Waals surface area (Å²) >= 11 is 0. The van der Waals surface area contributed by atoms with Crippen LogP contribution in [0.2, 0.25) is 0 Å². The number of amides is 3. The number of nitrogens with one attached hydrogen (secondary N) is 1. The Bertz CT molecular complexity index is 582. The Morgan fingerprint density at radius 1 is 1.39 bits per heavy atom. The van der Waals surface area contributed by atoms with Crippen LogP contribution in [-0.4, -0.2) is 48.4 Å². The number of carbonyl (C=O) groups excluding carboxylic acids is 2. The van der Waals surface area contributed by atoms with Crippen LogP contribution in [0.1, 0.15) is 19.3 Å². The smallest absolute Gasteiger partial charge is 0.321 e. The van der Waals surface area contributed by atoms with Gasteiger partial charge in [0.2, 0.25) is 5.91 Å². The second-order valence-electron chi connectivity index (χ2n) is 5.75. The van der Waals surface area contributed by atoms with Crippen LogP contribution in [0, 0.1) is 17.2 Å². The molecule has 1 aromatic carbocycles. The summed E-state index contributed by atoms with van der Waals surface area (Å²) in [6, 6.07) is 11.2. The van der Waals surface area contributed by atoms with Crippen LogP contribution < -0.4 is 5.32 Å². The number of benzene rings is 1. The van der Waals surface area contributed by atoms with Gasteiger partial charge in [-0.3, -0.25) is 4.79 Å². The van der Waals surface area contributed by atoms with Crippen LogP contribution >= 0.6 is 0 Å². The van der Waals surface area contributed by atoms with E-state index in [1.165, 1.54) is 0 Å². The molecule has 0 spiro atoms. The van der Waals surface area contributed by atoms with Gasteiger partial charge in [0.05, 0.1) is 18.4 Å². The third-order valence-electron chi connectivity index (χ3n) is 4.02. The average Bonchev–Trinajstić information content (AvgIpc) is 2.60. The predicted molar refractivity (Wildman–Crippen MR) is 87.6 cm³/mol. The fraction of sp³-hybridized carbons (Fsp3) is 0.471. The maximum atomic E-state index is 12.4. The van der Waals surface area contributed by atoms with E-state index in [2.05, 4.69) is 5.32 Å². The van der Waals surface area contributed by atoms with Crippen molar-refractivity contribution in [3.8, 4) is 6.07 Å². The Labute approximate surface area is 136 Å². The van der Waals surface area contributed by atoms with Gasteiger partial charge in [0, 0.05) is 32.4 Å². The monoisotopic (exact) mass is 314 g/mol. The lowest BCUT2D eigenvalue weighted by atomic mass is 9.97. The first kappa shape index (κ1) is 16.8. The molecular formula is C17H22N4O2. The number of hydrogen-bond acceptors (Lipinski definition) is 3. The largest absolute Gasteiger partial charge is 0.344 e. The summed E-state index contributed by atoms with van der Waals surface area (Å²) < 4.78 is 0. The van der Waals surface area contributed by atoms with Gasteiger partial charge in [-0.05, 0) is 25.0 Å². The minimum atomic E-state index is -0.186. The maximum Gasteiger partial charge on any atom is 0.321 e. The fourth-order valence-electron chi connectivity index (χ4n) is 2.73. The Morgan fingerprint density at radius 3 is 2.83 bits per heavy atom. The van der Waals surface area contributed by atoms with Crippen LogP contribution in [0.15, 0.2) is 30.3 Å². The molecule has 2 rings (SSSR count). The number of piperidine rings is 1. The molecule has 1 fully saturated rings. The third-order valence-corrected chi connectivity index (χ3v) is 4.02. The van der Waals surface area contributed by atoms with Gasteiger partial charge < -0.3 is 15.1 Å². The SMILES string of the molecule is CN(CCC#N)C(=O)C1CCCN(C(=O)Nc2ccccc2)C1. The highest BCUT2D eigenvalue weighted by Crippen LogP contribution is 2.19. The summed E-state index contributed by atoms with van der Waals surface area (Å²) in [5.41, 5.74) is 0.747. The van der Waals surface area contributed by atoms with E-state index >= 15 is 0 Å². The summed E-state index contributed by atoms with van der Waals surface area (Å²) in [7, 11) is 1.71. The zero-order valence-electron chi connectivity index (χ0n) is 13.4. The minimum Gasteiger partial charge on any atom is -0.344 e. The molecule has 0 aromatic heterocycles. The van der Waals surface area contributed by atoms with Crippen molar-refractivity contribution in [1.29, 1.82) is 5.26 Å². The van der Waals surface area contributed by atoms with Crippen molar-refractivity contribution in [2.24, 2.45) is 5.92 Å². The van der Waals surface area contributed by atoms with E-state index in [9.17, 15) is 9.59 Å². The normalized spacial score (nSPS) is 17.2. The van der Waals surface area contributed by atoms with Crippen LogP contribution in [0.3, 0.4) is 0 Å². The number of hydrogen-bond donors (Lipinski definition) is 1. The highest BCUT2D eigenvalue weighted by atomic mass is 16.2. The summed E-state index contributed by atoms with van der Waals surface area (Å²) in [6.45, 7) is 1.51. The second-order valence-corrected chi connectivity index (χ2v) is 5.75. The molecule has 3 amide bonds. The Kier molecular flexibility index (Phi) is 5.98. The quantitative estimate of drug-likeness (QED) is 0.926. The molecule has 1 saturated heterocycles. The highest BCUT2D eigenvalue weighted by Gasteiger charge is 2.30. The van der Waals surface area contributed by atoms with Crippen molar-refractivity contribution in [1.82, 2.24) is 9.80 Å². The lowest BCUT2D eigenvalue weighted by molar-refractivity contribution is -0.135. The number of nitrogens with zero attached hydrogens (tertiary/aromatic N) is 3. The highest BCUT2D eigenvalue weighted by molar-refractivity contribution is 5.90. The van der Waals surface area contributed by atoms with Crippen LogP contribution in [0.25, 0.3) is 0 Å². The van der Waals surface area contributed by atoms with Gasteiger partial charge >= 0.3 is 6.03 Å². The lowest BCUT2D eigenvalue weighted by Gasteiger charge is -2.33. The number of nitriles is 1. The topological polar surface area (TPSA) is 76.4 Å². The van der Waals surface area contributed by atoms with Gasteiger partial charge in [0.1, 0.15) is 0 Å². The number of rotatable bonds is 4. The molecule has 1 N–H and O–H groups in total. The summed E-state index contributed by atoms with van der Waals surface area (Å²) in [6.07, 6.45) is 1.92. The molecule has 6 heteroatoms. The lowest BCUT2D eigenvalue weighted by Crippen LogP contribution is -2.47. The van der Waals surface area contributed by atoms with Crippen molar-refractivity contribution >= 4 is 17.6 Å². The van der Waals surface area contributed by atoms with E-state index < -0.39 is 0 Å². The van der Waals surface area contributed by atoms with Gasteiger partial charge in [-0.1, -0.05) is 18.2 Å². The van der Waals surface area contributed by atoms with Crippen LogP contribution in [0.4, 0.5) is 10.5 Å². The second kappa shape index (κ2) is 8.18. The fourth-order valence-corrected chi connectivity index (χ4v) is 2.73. The van der Waals surface area contributed by atoms with Gasteiger partial charge in [0.25, 0.3) is 0 Å². The standard InChI is InChI=1S/C17H22N4O2/c1-20(11-6-10-18)16(22)14-7-5-12-21(13-14)17(23)19-15-8-3-2-4-9-15/h2-4,8-9,14H,5-7,11-13H2,1H3,(H,19,23). The Hall–Kier alpha value is -2.55. The van der Waals surface area contributed by atoms with Crippen LogP contribution in [0.5, 0.6) is 0 Å². The summed E-state index contributed by atoms with van der Waals surface area (Å²) in [5, 5.41) is 11.5. The molecular weight excluding hydrogens is 292 g/mol. The maximum absolute atomic E-state index is 12.4. The first-order chi connectivity index (χ1) is 11.1. The first-order valence-electron chi connectivity index (χ1n) is 7.84. The first-order valence-corrected chi connectivity index (χ1v) is 7.84. The van der Waals surface area contributed by atoms with Gasteiger partial charge in [0.15, 0.2) is 0 Å². The summed E-state index contributed by atoms with van der Waals surface area (Å²) in [5.74, 6) is -0.175. The third kappa shape index (κ3) is 4.71. The number of anilines is 1. The molecule has 0 bridgehead atoms. The number of urea groups is 1. The molecule has 23 heavy (non-hydrogen) atoms. The van der Waals surface area contributed by atoms with E-state index in [0.717, 1.165) is 18.5 Å². The van der Waals surface area contributed by atoms with Crippen molar-refractivity contribution in [2.45, 2.75) is 19.3 Å². The Morgan fingerprint density at radius 2 is 2.13 bits per heavy atom. The van der Waals surface area contributed by atoms with E-state index in [-0.39, 0.29) is 17.9 Å². The molecule has 1 aromatic rings. The van der Waals surface area contributed by atoms with Crippen molar-refractivity contribution < 1.29 is 9.59 Å². The van der Waals surface area contributed by atoms with Gasteiger partial charge in [-0.25, -0.2) is 4.79 Å². The number of likely N-dealkylation sites (tertiary alicyclic amines) is 1. The van der Waals surface area contributed by atoms with Gasteiger partial charge in [-0.15, -0.1) is 0 Å². The molecule has 1 unspecified atom stereocenters. The van der Waals surface area contributed by atoms with E-state index in [1.807, 2.05) is 36.4 Å². The molecule has 1 heterocycles. The summed E-state index contributed by atoms with van der Waals surface area (Å²) in [4.78, 5) is 28.0.